The van der Waals surface area contributed by atoms with Gasteiger partial charge in [0.05, 0.1) is 0 Å². The van der Waals surface area contributed by atoms with Gasteiger partial charge in [0.15, 0.2) is 6.10 Å². The highest BCUT2D eigenvalue weighted by Gasteiger charge is 2.23. The number of carbonyl (C=O) groups is 1. The van der Waals surface area contributed by atoms with Crippen molar-refractivity contribution >= 4 is 24.1 Å². The van der Waals surface area contributed by atoms with Crippen LogP contribution in [0.2, 0.25) is 0 Å². The molecule has 0 saturated carbocycles. The average Bonchev–Trinajstić information content (AvgIpc) is 2.57. The standard InChI is InChI=1S/C18H20FN3O2.ClH/c1-11-3-8-15(19)14(9-11)16(24-2)18(23)22-10-12-4-6-13(7-5-12)17(20)21;/h3-9,16H,10H2,1-2H3,(H3,20,21)(H,22,23);1H/t16-;/m0./s1. The summed E-state index contributed by atoms with van der Waals surface area (Å²) in [5, 5.41) is 10.1. The molecule has 134 valence electrons. The molecule has 2 rings (SSSR count). The molecule has 0 fully saturated rings. The monoisotopic (exact) mass is 365 g/mol. The summed E-state index contributed by atoms with van der Waals surface area (Å²) in [4.78, 5) is 12.3. The van der Waals surface area contributed by atoms with Gasteiger partial charge >= 0.3 is 0 Å². The lowest BCUT2D eigenvalue weighted by Crippen LogP contribution is -2.30. The van der Waals surface area contributed by atoms with Crippen molar-refractivity contribution in [3.8, 4) is 0 Å². The summed E-state index contributed by atoms with van der Waals surface area (Å²) in [6, 6.07) is 11.5. The Bertz CT molecular complexity index is 750. The highest BCUT2D eigenvalue weighted by molar-refractivity contribution is 5.94. The Labute approximate surface area is 152 Å². The Balaban J connectivity index is 0.00000312. The van der Waals surface area contributed by atoms with Gasteiger partial charge in [-0.2, -0.15) is 0 Å². The van der Waals surface area contributed by atoms with E-state index < -0.39 is 17.8 Å². The smallest absolute Gasteiger partial charge is 0.254 e. The van der Waals surface area contributed by atoms with Crippen LogP contribution in [0.3, 0.4) is 0 Å². The topological polar surface area (TPSA) is 88.2 Å². The summed E-state index contributed by atoms with van der Waals surface area (Å²) in [5.74, 6) is -0.911. The number of hydrogen-bond donors (Lipinski definition) is 3. The van der Waals surface area contributed by atoms with E-state index in [0.29, 0.717) is 5.56 Å². The van der Waals surface area contributed by atoms with E-state index >= 15 is 0 Å². The van der Waals surface area contributed by atoms with Gasteiger partial charge in [0, 0.05) is 24.8 Å². The van der Waals surface area contributed by atoms with E-state index in [4.69, 9.17) is 15.9 Å². The number of nitrogens with one attached hydrogen (secondary N) is 2. The minimum Gasteiger partial charge on any atom is -0.384 e. The Morgan fingerprint density at radius 3 is 2.48 bits per heavy atom. The van der Waals surface area contributed by atoms with Gasteiger partial charge in [-0.25, -0.2) is 4.39 Å². The van der Waals surface area contributed by atoms with Crippen molar-refractivity contribution in [3.05, 3.63) is 70.5 Å². The third kappa shape index (κ3) is 5.27. The second kappa shape index (κ2) is 9.15. The zero-order valence-electron chi connectivity index (χ0n) is 14.0. The molecule has 0 radical (unpaired) electrons. The molecule has 0 unspecified atom stereocenters. The van der Waals surface area contributed by atoms with Crippen LogP contribution >= 0.6 is 12.4 Å². The van der Waals surface area contributed by atoms with Crippen molar-refractivity contribution < 1.29 is 13.9 Å². The Kier molecular flexibility index (Phi) is 7.54. The van der Waals surface area contributed by atoms with Crippen LogP contribution in [0.1, 0.15) is 28.4 Å². The predicted octanol–water partition coefficient (Wildman–Crippen LogP) is 2.84. The van der Waals surface area contributed by atoms with Gasteiger partial charge in [-0.1, -0.05) is 42.0 Å². The Morgan fingerprint density at radius 2 is 1.92 bits per heavy atom. The lowest BCUT2D eigenvalue weighted by atomic mass is 10.0. The molecule has 0 aliphatic rings. The van der Waals surface area contributed by atoms with Gasteiger partial charge in [-0.3, -0.25) is 10.2 Å². The van der Waals surface area contributed by atoms with Crippen molar-refractivity contribution in [1.29, 1.82) is 5.41 Å². The van der Waals surface area contributed by atoms with E-state index in [-0.39, 0.29) is 30.4 Å². The molecule has 0 saturated heterocycles. The molecular formula is C18H21ClFN3O2. The maximum atomic E-state index is 14.0. The summed E-state index contributed by atoms with van der Waals surface area (Å²) in [7, 11) is 1.37. The van der Waals surface area contributed by atoms with Crippen LogP contribution in [0, 0.1) is 18.2 Å². The molecule has 1 atom stereocenters. The van der Waals surface area contributed by atoms with Crippen molar-refractivity contribution in [2.24, 2.45) is 5.73 Å². The summed E-state index contributed by atoms with van der Waals surface area (Å²) in [5.41, 5.74) is 7.91. The van der Waals surface area contributed by atoms with E-state index in [0.717, 1.165) is 11.1 Å². The fourth-order valence-corrected chi connectivity index (χ4v) is 2.32. The maximum absolute atomic E-state index is 14.0. The first kappa shape index (κ1) is 20.6. The third-order valence-corrected chi connectivity index (χ3v) is 3.64. The Hall–Kier alpha value is -2.44. The minimum atomic E-state index is -1.01. The molecular weight excluding hydrogens is 345 g/mol. The van der Waals surface area contributed by atoms with E-state index in [1.165, 1.54) is 13.2 Å². The van der Waals surface area contributed by atoms with E-state index in [2.05, 4.69) is 5.32 Å². The average molecular weight is 366 g/mol. The SMILES string of the molecule is CO[C@H](C(=O)NCc1ccc(C(=N)N)cc1)c1cc(C)ccc1F.Cl. The second-order valence-electron chi connectivity index (χ2n) is 5.47. The van der Waals surface area contributed by atoms with Crippen LogP contribution in [0.25, 0.3) is 0 Å². The summed E-state index contributed by atoms with van der Waals surface area (Å²) in [6.45, 7) is 2.09. The number of hydrogen-bond acceptors (Lipinski definition) is 3. The van der Waals surface area contributed by atoms with E-state index in [9.17, 15) is 9.18 Å². The number of amidine groups is 1. The number of aryl methyl sites for hydroxylation is 1. The normalized spacial score (nSPS) is 11.3. The van der Waals surface area contributed by atoms with Crippen molar-refractivity contribution in [2.45, 2.75) is 19.6 Å². The quantitative estimate of drug-likeness (QED) is 0.543. The fraction of sp³-hybridized carbons (Fsp3) is 0.222. The van der Waals surface area contributed by atoms with Crippen molar-refractivity contribution in [3.63, 3.8) is 0 Å². The highest BCUT2D eigenvalue weighted by Crippen LogP contribution is 2.22. The summed E-state index contributed by atoms with van der Waals surface area (Å²) < 4.78 is 19.1. The van der Waals surface area contributed by atoms with Crippen LogP contribution in [0.4, 0.5) is 4.39 Å². The lowest BCUT2D eigenvalue weighted by Gasteiger charge is -2.17. The first-order chi connectivity index (χ1) is 11.4. The predicted molar refractivity (Wildman–Crippen MR) is 97.4 cm³/mol. The molecule has 2 aromatic rings. The summed E-state index contributed by atoms with van der Waals surface area (Å²) in [6.07, 6.45) is -1.01. The van der Waals surface area contributed by atoms with Gasteiger partial charge in [0.1, 0.15) is 11.7 Å². The van der Waals surface area contributed by atoms with E-state index in [1.807, 2.05) is 6.92 Å². The number of carbonyl (C=O) groups excluding carboxylic acids is 1. The highest BCUT2D eigenvalue weighted by atomic mass is 35.5. The van der Waals surface area contributed by atoms with Crippen LogP contribution in [0.5, 0.6) is 0 Å². The molecule has 0 aromatic heterocycles. The molecule has 4 N–H and O–H groups in total. The summed E-state index contributed by atoms with van der Waals surface area (Å²) >= 11 is 0. The molecule has 1 amide bonds. The van der Waals surface area contributed by atoms with Crippen LogP contribution in [0.15, 0.2) is 42.5 Å². The van der Waals surface area contributed by atoms with Crippen LogP contribution < -0.4 is 11.1 Å². The number of ether oxygens (including phenoxy) is 1. The number of nitrogen functional groups attached to an aromatic ring is 1. The first-order valence-corrected chi connectivity index (χ1v) is 7.42. The maximum Gasteiger partial charge on any atom is 0.254 e. The number of amides is 1. The number of halogens is 2. The minimum absolute atomic E-state index is 0. The van der Waals surface area contributed by atoms with Gasteiger partial charge in [-0.15, -0.1) is 12.4 Å². The van der Waals surface area contributed by atoms with E-state index in [1.54, 1.807) is 36.4 Å². The number of benzene rings is 2. The zero-order chi connectivity index (χ0) is 17.7. The molecule has 7 heteroatoms. The van der Waals surface area contributed by atoms with Crippen LogP contribution in [-0.2, 0) is 16.1 Å². The second-order valence-corrected chi connectivity index (χ2v) is 5.47. The van der Waals surface area contributed by atoms with Crippen LogP contribution in [-0.4, -0.2) is 18.9 Å². The Morgan fingerprint density at radius 1 is 1.28 bits per heavy atom. The van der Waals surface area contributed by atoms with Crippen molar-refractivity contribution in [1.82, 2.24) is 5.32 Å². The molecule has 5 nitrogen and oxygen atoms in total. The molecule has 0 spiro atoms. The molecule has 2 aromatic carbocycles. The van der Waals surface area contributed by atoms with Gasteiger partial charge in [-0.05, 0) is 18.6 Å². The molecule has 0 aliphatic heterocycles. The molecule has 0 bridgehead atoms. The molecule has 25 heavy (non-hydrogen) atoms. The number of nitrogens with two attached hydrogens (primary N) is 1. The van der Waals surface area contributed by atoms with Gasteiger partial charge in [0.25, 0.3) is 5.91 Å². The molecule has 0 aliphatic carbocycles. The van der Waals surface area contributed by atoms with Gasteiger partial charge < -0.3 is 15.8 Å². The lowest BCUT2D eigenvalue weighted by molar-refractivity contribution is -0.131. The third-order valence-electron chi connectivity index (χ3n) is 3.64. The van der Waals surface area contributed by atoms with Crippen molar-refractivity contribution in [2.75, 3.05) is 7.11 Å². The number of methoxy groups -OCH3 is 1. The number of rotatable bonds is 6. The first-order valence-electron chi connectivity index (χ1n) is 7.42. The molecule has 0 heterocycles. The largest absolute Gasteiger partial charge is 0.384 e. The fourth-order valence-electron chi connectivity index (χ4n) is 2.32. The zero-order valence-corrected chi connectivity index (χ0v) is 14.8. The van der Waals surface area contributed by atoms with Gasteiger partial charge in [0.2, 0.25) is 0 Å².